The summed E-state index contributed by atoms with van der Waals surface area (Å²) in [5.41, 5.74) is -0.614. The molecule has 1 atom stereocenters. The average Bonchev–Trinajstić information content (AvgIpc) is 3.74. The Morgan fingerprint density at radius 3 is 2.45 bits per heavy atom. The number of fused-ring (bicyclic) bond motifs is 1. The van der Waals surface area contributed by atoms with Crippen LogP contribution in [0.15, 0.2) is 36.9 Å². The molecule has 2 aliphatic heterocycles. The molecule has 0 unspecified atom stereocenters. The van der Waals surface area contributed by atoms with E-state index in [1.807, 2.05) is 0 Å². The monoisotopic (exact) mass is 610 g/mol. The Morgan fingerprint density at radius 1 is 1.09 bits per heavy atom. The van der Waals surface area contributed by atoms with E-state index in [2.05, 4.69) is 20.6 Å². The molecule has 3 aromatic rings. The number of nitrogens with one attached hydrogen (secondary N) is 2. The van der Waals surface area contributed by atoms with Gasteiger partial charge in [-0.15, -0.1) is 0 Å². The Morgan fingerprint density at radius 2 is 1.80 bits per heavy atom. The summed E-state index contributed by atoms with van der Waals surface area (Å²) in [5, 5.41) is 5.51. The second-order valence-corrected chi connectivity index (χ2v) is 11.3. The molecule has 1 saturated carbocycles. The summed E-state index contributed by atoms with van der Waals surface area (Å²) in [6.07, 6.45) is 7.52. The van der Waals surface area contributed by atoms with Gasteiger partial charge in [0.05, 0.1) is 25.0 Å². The number of hydrogen-bond acceptors (Lipinski definition) is 8. The number of rotatable bonds is 7. The van der Waals surface area contributed by atoms with Crippen molar-refractivity contribution in [2.24, 2.45) is 0 Å². The van der Waals surface area contributed by atoms with Gasteiger partial charge >= 0.3 is 6.09 Å². The molecule has 0 bridgehead atoms. The largest absolute Gasteiger partial charge is 0.442 e. The Balaban J connectivity index is 1.11. The minimum atomic E-state index is -1.08. The first-order valence-corrected chi connectivity index (χ1v) is 14.5. The smallest absolute Gasteiger partial charge is 0.414 e. The van der Waals surface area contributed by atoms with Crippen LogP contribution >= 0.6 is 0 Å². The SMILES string of the molecule is CC(=O)NC[C@H]1CN(c2cc(F)c(N3CCN(C(=O)C4(NC(=O)c5cn6ccncc6n5)CCCC4)CC3)c(F)c2)C(=O)O1. The second kappa shape index (κ2) is 11.7. The predicted octanol–water partition coefficient (Wildman–Crippen LogP) is 1.86. The summed E-state index contributed by atoms with van der Waals surface area (Å²) in [6.45, 7) is 2.22. The van der Waals surface area contributed by atoms with Gasteiger partial charge in [-0.3, -0.25) is 24.3 Å². The number of ether oxygens (including phenoxy) is 1. The average molecular weight is 611 g/mol. The van der Waals surface area contributed by atoms with Crippen LogP contribution in [0.4, 0.5) is 25.0 Å². The maximum atomic E-state index is 15.3. The minimum absolute atomic E-state index is 0.00803. The number of nitrogens with zero attached hydrogens (tertiary/aromatic N) is 6. The summed E-state index contributed by atoms with van der Waals surface area (Å²) in [7, 11) is 0. The quantitative estimate of drug-likeness (QED) is 0.413. The van der Waals surface area contributed by atoms with Crippen LogP contribution in [-0.4, -0.2) is 94.0 Å². The van der Waals surface area contributed by atoms with Gasteiger partial charge in [0.1, 0.15) is 23.0 Å². The van der Waals surface area contributed by atoms with Crippen molar-refractivity contribution in [3.05, 3.63) is 54.2 Å². The van der Waals surface area contributed by atoms with E-state index in [0.717, 1.165) is 29.9 Å². The molecule has 2 saturated heterocycles. The Bertz CT molecular complexity index is 1560. The molecule has 13 nitrogen and oxygen atoms in total. The maximum Gasteiger partial charge on any atom is 0.414 e. The van der Waals surface area contributed by atoms with Gasteiger partial charge in [0, 0.05) is 63.8 Å². The highest BCUT2D eigenvalue weighted by Gasteiger charge is 2.46. The molecular weight excluding hydrogens is 578 g/mol. The van der Waals surface area contributed by atoms with Crippen LogP contribution in [0, 0.1) is 11.6 Å². The van der Waals surface area contributed by atoms with Crippen molar-refractivity contribution in [2.75, 3.05) is 49.1 Å². The number of anilines is 2. The normalized spacial score (nSPS) is 19.8. The molecule has 2 N–H and O–H groups in total. The van der Waals surface area contributed by atoms with E-state index in [0.29, 0.717) is 18.5 Å². The lowest BCUT2D eigenvalue weighted by Gasteiger charge is -2.40. The van der Waals surface area contributed by atoms with Gasteiger partial charge < -0.3 is 29.6 Å². The van der Waals surface area contributed by atoms with Gasteiger partial charge in [-0.05, 0) is 12.8 Å². The standard InChI is InChI=1S/C29H32F2N8O5/c1-18(40)33-14-20-16-39(28(43)44-20)19-12-21(30)25(22(31)13-19)36-8-10-37(11-9-36)27(42)29(4-2-3-5-29)35-26(41)23-17-38-7-6-32-15-24(38)34-23/h6-7,12-13,15,17,20H,2-5,8-11,14,16H2,1H3,(H,33,40)(H,35,41)/t20-/m0/s1. The fraction of sp³-hybridized carbons (Fsp3) is 0.448. The minimum Gasteiger partial charge on any atom is -0.442 e. The molecule has 4 amide bonds. The highest BCUT2D eigenvalue weighted by atomic mass is 19.1. The van der Waals surface area contributed by atoms with Crippen LogP contribution < -0.4 is 20.4 Å². The van der Waals surface area contributed by atoms with Crippen LogP contribution in [-0.2, 0) is 14.3 Å². The van der Waals surface area contributed by atoms with Gasteiger partial charge in [0.25, 0.3) is 5.91 Å². The maximum absolute atomic E-state index is 15.3. The zero-order valence-corrected chi connectivity index (χ0v) is 24.1. The number of amides is 4. The summed E-state index contributed by atoms with van der Waals surface area (Å²) in [5.74, 6) is -2.64. The highest BCUT2D eigenvalue weighted by molar-refractivity contribution is 5.98. The number of benzene rings is 1. The summed E-state index contributed by atoms with van der Waals surface area (Å²) >= 11 is 0. The Hall–Kier alpha value is -4.82. The van der Waals surface area contributed by atoms with Crippen LogP contribution in [0.1, 0.15) is 43.1 Å². The summed E-state index contributed by atoms with van der Waals surface area (Å²) in [4.78, 5) is 63.1. The lowest BCUT2D eigenvalue weighted by Crippen LogP contribution is -2.61. The number of piperazine rings is 1. The predicted molar refractivity (Wildman–Crippen MR) is 153 cm³/mol. The van der Waals surface area contributed by atoms with E-state index in [9.17, 15) is 19.2 Å². The number of carbonyl (C=O) groups excluding carboxylic acids is 4. The number of carbonyl (C=O) groups is 4. The first-order valence-electron chi connectivity index (χ1n) is 14.5. The topological polar surface area (TPSA) is 141 Å². The fourth-order valence-electron chi connectivity index (χ4n) is 6.15. The van der Waals surface area contributed by atoms with E-state index in [-0.39, 0.29) is 68.2 Å². The van der Waals surface area contributed by atoms with Crippen LogP contribution in [0.3, 0.4) is 0 Å². The molecule has 3 aliphatic rings. The zero-order chi connectivity index (χ0) is 31.0. The zero-order valence-electron chi connectivity index (χ0n) is 24.1. The molecule has 1 aliphatic carbocycles. The van der Waals surface area contributed by atoms with Crippen molar-refractivity contribution < 1.29 is 32.7 Å². The van der Waals surface area contributed by atoms with Gasteiger partial charge in [-0.1, -0.05) is 12.8 Å². The molecular formula is C29H32F2N8O5. The van der Waals surface area contributed by atoms with E-state index in [4.69, 9.17) is 4.74 Å². The molecule has 3 fully saturated rings. The molecule has 0 radical (unpaired) electrons. The van der Waals surface area contributed by atoms with E-state index in [1.54, 1.807) is 27.9 Å². The van der Waals surface area contributed by atoms with E-state index in [1.165, 1.54) is 18.0 Å². The Labute approximate surface area is 251 Å². The fourth-order valence-corrected chi connectivity index (χ4v) is 6.15. The lowest BCUT2D eigenvalue weighted by molar-refractivity contribution is -0.138. The number of cyclic esters (lactones) is 1. The van der Waals surface area contributed by atoms with Crippen molar-refractivity contribution in [2.45, 2.75) is 44.2 Å². The number of hydrogen-bond donors (Lipinski definition) is 2. The van der Waals surface area contributed by atoms with Crippen LogP contribution in [0.5, 0.6) is 0 Å². The third-order valence-corrected chi connectivity index (χ3v) is 8.37. The van der Waals surface area contributed by atoms with Gasteiger partial charge in [-0.2, -0.15) is 0 Å². The molecule has 232 valence electrons. The van der Waals surface area contributed by atoms with Crippen molar-refractivity contribution in [3.63, 3.8) is 0 Å². The van der Waals surface area contributed by atoms with Crippen LogP contribution in [0.25, 0.3) is 5.65 Å². The Kier molecular flexibility index (Phi) is 7.78. The van der Waals surface area contributed by atoms with Crippen molar-refractivity contribution in [1.29, 1.82) is 0 Å². The number of halogens is 2. The molecule has 15 heteroatoms. The van der Waals surface area contributed by atoms with E-state index >= 15 is 8.78 Å². The molecule has 6 rings (SSSR count). The second-order valence-electron chi connectivity index (χ2n) is 11.3. The summed E-state index contributed by atoms with van der Waals surface area (Å²) in [6, 6.07) is 2.16. The van der Waals surface area contributed by atoms with Gasteiger partial charge in [0.15, 0.2) is 17.3 Å². The van der Waals surface area contributed by atoms with Crippen molar-refractivity contribution in [1.82, 2.24) is 29.9 Å². The first kappa shape index (κ1) is 29.3. The highest BCUT2D eigenvalue weighted by Crippen LogP contribution is 2.34. The van der Waals surface area contributed by atoms with Gasteiger partial charge in [0.2, 0.25) is 11.8 Å². The van der Waals surface area contributed by atoms with E-state index < -0.39 is 35.3 Å². The van der Waals surface area contributed by atoms with Crippen molar-refractivity contribution in [3.8, 4) is 0 Å². The van der Waals surface area contributed by atoms with Crippen LogP contribution in [0.2, 0.25) is 0 Å². The first-order chi connectivity index (χ1) is 21.1. The number of aromatic nitrogens is 3. The molecule has 2 aromatic heterocycles. The third kappa shape index (κ3) is 5.61. The molecule has 0 spiro atoms. The third-order valence-electron chi connectivity index (χ3n) is 8.37. The summed E-state index contributed by atoms with van der Waals surface area (Å²) < 4.78 is 37.5. The van der Waals surface area contributed by atoms with Crippen molar-refractivity contribution >= 4 is 40.8 Å². The molecule has 4 heterocycles. The molecule has 44 heavy (non-hydrogen) atoms. The lowest BCUT2D eigenvalue weighted by atomic mass is 9.94. The number of imidazole rings is 1. The van der Waals surface area contributed by atoms with Gasteiger partial charge in [-0.25, -0.2) is 18.6 Å². The molecule has 1 aromatic carbocycles.